The molecule has 0 aliphatic carbocycles. The quantitative estimate of drug-likeness (QED) is 0.565. The molecule has 0 aromatic heterocycles. The lowest BCUT2D eigenvalue weighted by atomic mass is 10.1. The molecule has 1 aromatic carbocycles. The van der Waals surface area contributed by atoms with Crippen LogP contribution in [0, 0.1) is 0 Å². The Morgan fingerprint density at radius 3 is 2.59 bits per heavy atom. The fraction of sp³-hybridized carbons (Fsp3) is 0.462. The lowest BCUT2D eigenvalue weighted by molar-refractivity contribution is -0.110. The molecule has 0 N–H and O–H groups in total. The van der Waals surface area contributed by atoms with E-state index in [0.29, 0.717) is 11.4 Å². The first-order chi connectivity index (χ1) is 8.13. The summed E-state index contributed by atoms with van der Waals surface area (Å²) in [7, 11) is 0. The zero-order chi connectivity index (χ0) is 12.7. The molecule has 0 bridgehead atoms. The number of carbonyl (C=O) groups is 1. The highest BCUT2D eigenvalue weighted by molar-refractivity contribution is 8.13. The molecule has 0 fully saturated rings. The Morgan fingerprint density at radius 2 is 2.00 bits per heavy atom. The molecule has 0 spiro atoms. The van der Waals surface area contributed by atoms with Crippen LogP contribution in [-0.4, -0.2) is 16.2 Å². The van der Waals surface area contributed by atoms with Crippen LogP contribution in [0.3, 0.4) is 0 Å². The SMILES string of the molecule is CCCCSC(=O)C(Cl)Cc1ccc(Cl)cc1. The van der Waals surface area contributed by atoms with Crippen molar-refractivity contribution >= 4 is 40.1 Å². The van der Waals surface area contributed by atoms with Gasteiger partial charge < -0.3 is 0 Å². The molecular formula is C13H16Cl2OS. The Morgan fingerprint density at radius 1 is 1.35 bits per heavy atom. The lowest BCUT2D eigenvalue weighted by Crippen LogP contribution is -2.14. The second-order valence-electron chi connectivity index (χ2n) is 3.82. The fourth-order valence-electron chi connectivity index (χ4n) is 1.32. The van der Waals surface area contributed by atoms with Crippen LogP contribution in [0.1, 0.15) is 25.3 Å². The van der Waals surface area contributed by atoms with Crippen molar-refractivity contribution in [3.05, 3.63) is 34.9 Å². The molecule has 1 nitrogen and oxygen atoms in total. The number of unbranched alkanes of at least 4 members (excludes halogenated alkanes) is 1. The Balaban J connectivity index is 2.40. The third-order valence-electron chi connectivity index (χ3n) is 2.33. The summed E-state index contributed by atoms with van der Waals surface area (Å²) in [4.78, 5) is 11.7. The summed E-state index contributed by atoms with van der Waals surface area (Å²) in [6.45, 7) is 2.11. The third kappa shape index (κ3) is 5.80. The molecular weight excluding hydrogens is 275 g/mol. The fourth-order valence-corrected chi connectivity index (χ4v) is 2.71. The minimum atomic E-state index is -0.446. The summed E-state index contributed by atoms with van der Waals surface area (Å²) in [6, 6.07) is 7.44. The van der Waals surface area contributed by atoms with Gasteiger partial charge >= 0.3 is 0 Å². The van der Waals surface area contributed by atoms with Gasteiger partial charge in [-0.25, -0.2) is 0 Å². The van der Waals surface area contributed by atoms with Gasteiger partial charge in [-0.3, -0.25) is 4.79 Å². The molecule has 0 radical (unpaired) electrons. The van der Waals surface area contributed by atoms with Crippen LogP contribution in [0.2, 0.25) is 5.02 Å². The third-order valence-corrected chi connectivity index (χ3v) is 4.12. The molecule has 1 unspecified atom stereocenters. The number of hydrogen-bond donors (Lipinski definition) is 0. The minimum Gasteiger partial charge on any atom is -0.286 e. The van der Waals surface area contributed by atoms with Crippen molar-refractivity contribution in [1.82, 2.24) is 0 Å². The molecule has 17 heavy (non-hydrogen) atoms. The predicted octanol–water partition coefficient (Wildman–Crippen LogP) is 4.55. The summed E-state index contributed by atoms with van der Waals surface area (Å²) in [6.07, 6.45) is 2.72. The van der Waals surface area contributed by atoms with E-state index in [9.17, 15) is 4.79 Å². The molecule has 0 heterocycles. The second-order valence-corrected chi connectivity index (χ2v) is 5.88. The van der Waals surface area contributed by atoms with Gasteiger partial charge in [-0.2, -0.15) is 0 Å². The van der Waals surface area contributed by atoms with Crippen molar-refractivity contribution in [1.29, 1.82) is 0 Å². The van der Waals surface area contributed by atoms with Crippen LogP contribution in [0.5, 0.6) is 0 Å². The maximum absolute atomic E-state index is 11.7. The first-order valence-corrected chi connectivity index (χ1v) is 7.48. The molecule has 0 aliphatic rings. The van der Waals surface area contributed by atoms with Crippen molar-refractivity contribution in [3.8, 4) is 0 Å². The van der Waals surface area contributed by atoms with Gasteiger partial charge in [-0.05, 0) is 30.5 Å². The molecule has 94 valence electrons. The predicted molar refractivity (Wildman–Crippen MR) is 77.2 cm³/mol. The van der Waals surface area contributed by atoms with Gasteiger partial charge in [0.1, 0.15) is 5.38 Å². The maximum atomic E-state index is 11.7. The molecule has 1 aromatic rings. The van der Waals surface area contributed by atoms with E-state index in [-0.39, 0.29) is 5.12 Å². The van der Waals surface area contributed by atoms with Crippen LogP contribution >= 0.6 is 35.0 Å². The van der Waals surface area contributed by atoms with E-state index in [2.05, 4.69) is 6.92 Å². The van der Waals surface area contributed by atoms with E-state index < -0.39 is 5.38 Å². The van der Waals surface area contributed by atoms with Crippen LogP contribution in [0.25, 0.3) is 0 Å². The van der Waals surface area contributed by atoms with Crippen molar-refractivity contribution in [3.63, 3.8) is 0 Å². The van der Waals surface area contributed by atoms with E-state index in [1.165, 1.54) is 11.8 Å². The standard InChI is InChI=1S/C13H16Cl2OS/c1-2-3-8-17-13(16)12(15)9-10-4-6-11(14)7-5-10/h4-7,12H,2-3,8-9H2,1H3. The number of benzene rings is 1. The van der Waals surface area contributed by atoms with Crippen LogP contribution in [0.4, 0.5) is 0 Å². The number of alkyl halides is 1. The Bertz CT molecular complexity index is 351. The highest BCUT2D eigenvalue weighted by Gasteiger charge is 2.15. The highest BCUT2D eigenvalue weighted by Crippen LogP contribution is 2.18. The van der Waals surface area contributed by atoms with Crippen molar-refractivity contribution in [2.24, 2.45) is 0 Å². The zero-order valence-electron chi connectivity index (χ0n) is 9.79. The van der Waals surface area contributed by atoms with E-state index in [1.807, 2.05) is 24.3 Å². The maximum Gasteiger partial charge on any atom is 0.207 e. The van der Waals surface area contributed by atoms with Crippen molar-refractivity contribution in [2.75, 3.05) is 5.75 Å². The van der Waals surface area contributed by atoms with Crippen molar-refractivity contribution < 1.29 is 4.79 Å². The van der Waals surface area contributed by atoms with Crippen LogP contribution in [0.15, 0.2) is 24.3 Å². The molecule has 0 saturated carbocycles. The Labute approximate surface area is 117 Å². The topological polar surface area (TPSA) is 17.1 Å². The van der Waals surface area contributed by atoms with Gasteiger partial charge in [0, 0.05) is 10.8 Å². The average molecular weight is 291 g/mol. The summed E-state index contributed by atoms with van der Waals surface area (Å²) in [5, 5.41) is 0.316. The van der Waals surface area contributed by atoms with E-state index in [4.69, 9.17) is 23.2 Å². The number of thioether (sulfide) groups is 1. The van der Waals surface area contributed by atoms with Gasteiger partial charge in [0.25, 0.3) is 0 Å². The molecule has 1 rings (SSSR count). The largest absolute Gasteiger partial charge is 0.286 e. The van der Waals surface area contributed by atoms with Gasteiger partial charge in [0.15, 0.2) is 0 Å². The molecule has 1 atom stereocenters. The zero-order valence-corrected chi connectivity index (χ0v) is 12.1. The van der Waals surface area contributed by atoms with E-state index >= 15 is 0 Å². The normalized spacial score (nSPS) is 12.4. The highest BCUT2D eigenvalue weighted by atomic mass is 35.5. The summed E-state index contributed by atoms with van der Waals surface area (Å²) in [5.41, 5.74) is 1.04. The number of carbonyl (C=O) groups excluding carboxylic acids is 1. The Hall–Kier alpha value is -0.180. The molecule has 4 heteroatoms. The lowest BCUT2D eigenvalue weighted by Gasteiger charge is -2.08. The van der Waals surface area contributed by atoms with Gasteiger partial charge in [0.2, 0.25) is 5.12 Å². The number of rotatable bonds is 6. The van der Waals surface area contributed by atoms with Gasteiger partial charge in [0.05, 0.1) is 0 Å². The minimum absolute atomic E-state index is 0.0649. The van der Waals surface area contributed by atoms with Gasteiger partial charge in [-0.15, -0.1) is 11.6 Å². The van der Waals surface area contributed by atoms with Crippen LogP contribution in [-0.2, 0) is 11.2 Å². The number of halogens is 2. The molecule has 0 amide bonds. The van der Waals surface area contributed by atoms with Gasteiger partial charge in [-0.1, -0.05) is 48.8 Å². The average Bonchev–Trinajstić information content (AvgIpc) is 2.32. The number of hydrogen-bond acceptors (Lipinski definition) is 2. The first-order valence-electron chi connectivity index (χ1n) is 5.68. The first kappa shape index (κ1) is 14.9. The van der Waals surface area contributed by atoms with E-state index in [0.717, 1.165) is 24.2 Å². The summed E-state index contributed by atoms with van der Waals surface area (Å²) >= 11 is 13.2. The summed E-state index contributed by atoms with van der Waals surface area (Å²) in [5.74, 6) is 0.860. The molecule has 0 aliphatic heterocycles. The monoisotopic (exact) mass is 290 g/mol. The van der Waals surface area contributed by atoms with Crippen molar-refractivity contribution in [2.45, 2.75) is 31.6 Å². The second kappa shape index (κ2) is 8.02. The van der Waals surface area contributed by atoms with Crippen LogP contribution < -0.4 is 0 Å². The summed E-state index contributed by atoms with van der Waals surface area (Å²) < 4.78 is 0. The molecule has 0 saturated heterocycles. The smallest absolute Gasteiger partial charge is 0.207 e. The van der Waals surface area contributed by atoms with E-state index in [1.54, 1.807) is 0 Å². The Kier molecular flexibility index (Phi) is 7.02.